The van der Waals surface area contributed by atoms with E-state index >= 15 is 0 Å². The molecule has 2 aliphatic rings. The maximum atomic E-state index is 13.5. The van der Waals surface area contributed by atoms with Crippen LogP contribution in [0.25, 0.3) is 0 Å². The number of carbonyl (C=O) groups excluding carboxylic acids is 2. The van der Waals surface area contributed by atoms with Crippen LogP contribution >= 0.6 is 21.6 Å². The highest BCUT2D eigenvalue weighted by molar-refractivity contribution is 8.76. The Hall–Kier alpha value is -2.32. The van der Waals surface area contributed by atoms with E-state index in [1.165, 1.54) is 14.0 Å². The Kier molecular flexibility index (Phi) is 8.78. The quantitative estimate of drug-likeness (QED) is 0.278. The number of nitrogens with one attached hydrogen (secondary N) is 1. The van der Waals surface area contributed by atoms with Crippen molar-refractivity contribution in [2.45, 2.75) is 57.0 Å². The Morgan fingerprint density at radius 2 is 2.08 bits per heavy atom. The molecule has 2 aromatic rings. The first kappa shape index (κ1) is 26.7. The average Bonchev–Trinajstić information content (AvgIpc) is 3.40. The zero-order valence-corrected chi connectivity index (χ0v) is 22.7. The maximum absolute atomic E-state index is 13.5. The molecule has 1 saturated heterocycles. The molecule has 6 nitrogen and oxygen atoms in total. The minimum atomic E-state index is -0.498. The predicted molar refractivity (Wildman–Crippen MR) is 146 cm³/mol. The number of carbonyl (C=O) groups is 2. The van der Waals surface area contributed by atoms with Gasteiger partial charge in [-0.05, 0) is 48.1 Å². The standard InChI is InChI=1S/C28H35NO5S2/c1-4-19-7-9-28(22-8-10-29-15-22)17-36-35-16-21(20-5-6-25(32)27(13-20)33-3)12-23(31)14-26(24(28)11-19)34-18(2)30/h5-10,13,15,19,21,24,26,29,32H,4,11-12,14,16-17H2,1-3H3. The van der Waals surface area contributed by atoms with E-state index in [4.69, 9.17) is 9.47 Å². The fraction of sp³-hybridized carbons (Fsp3) is 0.500. The smallest absolute Gasteiger partial charge is 0.302 e. The average molecular weight is 530 g/mol. The van der Waals surface area contributed by atoms with Crippen LogP contribution in [0.5, 0.6) is 11.5 Å². The van der Waals surface area contributed by atoms with Gasteiger partial charge >= 0.3 is 5.97 Å². The number of aromatic amines is 1. The minimum absolute atomic E-state index is 0.00508. The number of ether oxygens (including phenoxy) is 2. The van der Waals surface area contributed by atoms with Crippen LogP contribution in [0.3, 0.4) is 0 Å². The molecule has 0 radical (unpaired) electrons. The van der Waals surface area contributed by atoms with Gasteiger partial charge in [-0.1, -0.05) is 46.7 Å². The molecular weight excluding hydrogens is 494 g/mol. The number of benzene rings is 1. The summed E-state index contributed by atoms with van der Waals surface area (Å²) in [6.07, 6.45) is 10.5. The molecule has 36 heavy (non-hydrogen) atoms. The van der Waals surface area contributed by atoms with Crippen LogP contribution in [-0.4, -0.2) is 46.6 Å². The van der Waals surface area contributed by atoms with Crippen LogP contribution in [0.2, 0.25) is 0 Å². The zero-order valence-electron chi connectivity index (χ0n) is 21.1. The van der Waals surface area contributed by atoms with Crippen LogP contribution in [0, 0.1) is 11.8 Å². The molecule has 0 saturated carbocycles. The van der Waals surface area contributed by atoms with E-state index in [2.05, 4.69) is 30.1 Å². The second-order valence-corrected chi connectivity index (χ2v) is 12.3. The van der Waals surface area contributed by atoms with Gasteiger partial charge in [0.05, 0.1) is 7.11 Å². The van der Waals surface area contributed by atoms with Gasteiger partial charge in [-0.2, -0.15) is 0 Å². The van der Waals surface area contributed by atoms with Crippen molar-refractivity contribution >= 4 is 33.3 Å². The van der Waals surface area contributed by atoms with Gasteiger partial charge in [0, 0.05) is 60.9 Å². The first-order valence-corrected chi connectivity index (χ1v) is 15.0. The Morgan fingerprint density at radius 1 is 1.25 bits per heavy atom. The number of H-pyrrole nitrogens is 1. The number of aromatic nitrogens is 1. The molecule has 0 spiro atoms. The number of hydrogen-bond donors (Lipinski definition) is 2. The summed E-state index contributed by atoms with van der Waals surface area (Å²) >= 11 is 0. The summed E-state index contributed by atoms with van der Waals surface area (Å²) < 4.78 is 11.2. The van der Waals surface area contributed by atoms with Gasteiger partial charge in [-0.3, -0.25) is 9.59 Å². The minimum Gasteiger partial charge on any atom is -0.504 e. The van der Waals surface area contributed by atoms with Gasteiger partial charge in [-0.15, -0.1) is 0 Å². The Bertz CT molecular complexity index is 1090. The predicted octanol–water partition coefficient (Wildman–Crippen LogP) is 6.03. The SMILES string of the molecule is CCC1C=CC2(c3cc[nH]c3)CSSCC(c3ccc(O)c(OC)c3)CC(=O)CC(OC(C)=O)C2C1. The van der Waals surface area contributed by atoms with Crippen molar-refractivity contribution in [3.8, 4) is 11.5 Å². The van der Waals surface area contributed by atoms with E-state index in [-0.39, 0.29) is 41.2 Å². The second kappa shape index (κ2) is 11.8. The molecular formula is C28H35NO5S2. The molecule has 5 atom stereocenters. The number of hydrogen-bond acceptors (Lipinski definition) is 7. The molecule has 1 aromatic carbocycles. The van der Waals surface area contributed by atoms with Gasteiger partial charge in [0.25, 0.3) is 0 Å². The molecule has 2 N–H and O–H groups in total. The highest BCUT2D eigenvalue weighted by atomic mass is 33.1. The van der Waals surface area contributed by atoms with Crippen LogP contribution in [-0.2, 0) is 19.7 Å². The number of aromatic hydroxyl groups is 1. The van der Waals surface area contributed by atoms with Crippen molar-refractivity contribution in [2.75, 3.05) is 18.6 Å². The number of Topliss-reactive ketones (excluding diaryl/α,β-unsaturated/α-hetero) is 1. The third-order valence-corrected chi connectivity index (χ3v) is 10.1. The van der Waals surface area contributed by atoms with E-state index in [0.717, 1.165) is 35.5 Å². The highest BCUT2D eigenvalue weighted by Crippen LogP contribution is 2.50. The van der Waals surface area contributed by atoms with E-state index in [9.17, 15) is 14.7 Å². The van der Waals surface area contributed by atoms with Crippen LogP contribution in [0.15, 0.2) is 48.8 Å². The summed E-state index contributed by atoms with van der Waals surface area (Å²) in [4.78, 5) is 29.0. The van der Waals surface area contributed by atoms with Crippen molar-refractivity contribution in [1.29, 1.82) is 0 Å². The summed E-state index contributed by atoms with van der Waals surface area (Å²) in [7, 11) is 5.09. The third kappa shape index (κ3) is 5.80. The normalized spacial score (nSPS) is 29.1. The fourth-order valence-electron chi connectivity index (χ4n) is 5.55. The molecule has 1 aromatic heterocycles. The lowest BCUT2D eigenvalue weighted by Crippen LogP contribution is -2.47. The van der Waals surface area contributed by atoms with E-state index in [0.29, 0.717) is 18.1 Å². The lowest BCUT2D eigenvalue weighted by molar-refractivity contribution is -0.152. The Balaban J connectivity index is 1.72. The van der Waals surface area contributed by atoms with Crippen molar-refractivity contribution in [3.63, 3.8) is 0 Å². The van der Waals surface area contributed by atoms with E-state index in [1.807, 2.05) is 24.5 Å². The highest BCUT2D eigenvalue weighted by Gasteiger charge is 2.47. The zero-order chi connectivity index (χ0) is 25.7. The number of allylic oxidation sites excluding steroid dienone is 2. The first-order chi connectivity index (χ1) is 17.4. The van der Waals surface area contributed by atoms with Crippen LogP contribution in [0.4, 0.5) is 0 Å². The molecule has 4 rings (SSSR count). The molecule has 1 fully saturated rings. The van der Waals surface area contributed by atoms with Crippen LogP contribution in [0.1, 0.15) is 56.6 Å². The molecule has 1 aliphatic carbocycles. The lowest BCUT2D eigenvalue weighted by Gasteiger charge is -2.45. The van der Waals surface area contributed by atoms with Crippen molar-refractivity contribution in [3.05, 3.63) is 59.9 Å². The third-order valence-electron chi connectivity index (χ3n) is 7.54. The van der Waals surface area contributed by atoms with Crippen molar-refractivity contribution in [2.24, 2.45) is 11.8 Å². The lowest BCUT2D eigenvalue weighted by atomic mass is 9.62. The second-order valence-electron chi connectivity index (χ2n) is 9.78. The number of fused-ring (bicyclic) bond motifs is 1. The molecule has 0 bridgehead atoms. The summed E-state index contributed by atoms with van der Waals surface area (Å²) in [5, 5.41) is 10.0. The van der Waals surface area contributed by atoms with Gasteiger partial charge in [0.15, 0.2) is 11.5 Å². The monoisotopic (exact) mass is 529 g/mol. The Morgan fingerprint density at radius 3 is 2.78 bits per heavy atom. The van der Waals surface area contributed by atoms with Crippen LogP contribution < -0.4 is 4.74 Å². The summed E-state index contributed by atoms with van der Waals surface area (Å²) in [6, 6.07) is 7.40. The molecule has 1 aliphatic heterocycles. The molecule has 8 heteroatoms. The molecule has 2 heterocycles. The van der Waals surface area contributed by atoms with E-state index < -0.39 is 6.10 Å². The summed E-state index contributed by atoms with van der Waals surface area (Å²) in [5.41, 5.74) is 1.78. The van der Waals surface area contributed by atoms with Gasteiger partial charge < -0.3 is 19.6 Å². The van der Waals surface area contributed by atoms with Crippen molar-refractivity contribution in [1.82, 2.24) is 4.98 Å². The number of methoxy groups -OCH3 is 1. The topological polar surface area (TPSA) is 88.6 Å². The summed E-state index contributed by atoms with van der Waals surface area (Å²) in [6.45, 7) is 3.61. The Labute approximate surface area is 221 Å². The van der Waals surface area contributed by atoms with E-state index in [1.54, 1.807) is 27.7 Å². The number of rotatable bonds is 5. The molecule has 0 amide bonds. The first-order valence-electron chi connectivity index (χ1n) is 12.5. The summed E-state index contributed by atoms with van der Waals surface area (Å²) in [5.74, 6) is 2.11. The molecule has 5 unspecified atom stereocenters. The number of esters is 1. The van der Waals surface area contributed by atoms with Gasteiger partial charge in [-0.25, -0.2) is 0 Å². The number of phenolic OH excluding ortho intramolecular Hbond substituents is 1. The number of phenols is 1. The largest absolute Gasteiger partial charge is 0.504 e. The van der Waals surface area contributed by atoms with Crippen molar-refractivity contribution < 1.29 is 24.2 Å². The van der Waals surface area contributed by atoms with Gasteiger partial charge in [0.2, 0.25) is 0 Å². The molecule has 194 valence electrons. The fourth-order valence-corrected chi connectivity index (χ4v) is 8.49. The number of ketones is 1. The maximum Gasteiger partial charge on any atom is 0.302 e. The van der Waals surface area contributed by atoms with Gasteiger partial charge in [0.1, 0.15) is 11.9 Å².